The van der Waals surface area contributed by atoms with E-state index >= 15 is 0 Å². The van der Waals surface area contributed by atoms with E-state index < -0.39 is 10.8 Å². The van der Waals surface area contributed by atoms with Crippen LogP contribution in [-0.2, 0) is 6.42 Å². The number of hydrazone groups is 1. The molecule has 0 radical (unpaired) electrons. The normalized spacial score (nSPS) is 14.5. The summed E-state index contributed by atoms with van der Waals surface area (Å²) < 4.78 is 0. The van der Waals surface area contributed by atoms with Gasteiger partial charge in [0.1, 0.15) is 5.69 Å². The molecule has 0 spiro atoms. The molecule has 0 saturated heterocycles. The molecule has 0 aliphatic heterocycles. The van der Waals surface area contributed by atoms with Gasteiger partial charge in [0.2, 0.25) is 0 Å². The second-order valence-electron chi connectivity index (χ2n) is 6.98. The molecule has 0 fully saturated rings. The summed E-state index contributed by atoms with van der Waals surface area (Å²) in [5, 5.41) is 18.6. The highest BCUT2D eigenvalue weighted by Crippen LogP contribution is 2.27. The van der Waals surface area contributed by atoms with E-state index in [2.05, 4.69) is 34.9 Å². The zero-order chi connectivity index (χ0) is 20.3. The number of benzene rings is 2. The van der Waals surface area contributed by atoms with Gasteiger partial charge in [-0.1, -0.05) is 11.6 Å². The fraction of sp³-hybridized carbons (Fsp3) is 0.333. The molecule has 0 aromatic heterocycles. The lowest BCUT2D eigenvalue weighted by Gasteiger charge is -2.20. The van der Waals surface area contributed by atoms with Crippen LogP contribution >= 0.6 is 0 Å². The molecule has 0 heterocycles. The number of rotatable bonds is 5. The number of carbonyl (C=O) groups is 1. The van der Waals surface area contributed by atoms with Crippen LogP contribution in [-0.4, -0.2) is 23.1 Å². The fourth-order valence-corrected chi connectivity index (χ4v) is 3.62. The molecule has 2 aromatic carbocycles. The largest absolute Gasteiger partial charge is 0.380 e. The summed E-state index contributed by atoms with van der Waals surface area (Å²) in [7, 11) is 0. The summed E-state index contributed by atoms with van der Waals surface area (Å²) in [5.74, 6) is -0.463. The lowest BCUT2D eigenvalue weighted by atomic mass is 9.86. The standard InChI is InChI=1S/C21H24N4O3/c1-4-22-19-9-8-15(12-20(19)25(27)28)21(26)24-23-18-7-5-6-16-14(3)10-13(2)11-17(16)18/h8-12,22H,4-7H2,1-3H3,(H,24,26)/b23-18+. The number of anilines is 1. The van der Waals surface area contributed by atoms with Gasteiger partial charge in [-0.05, 0) is 69.4 Å². The van der Waals surface area contributed by atoms with Crippen molar-refractivity contribution in [2.45, 2.75) is 40.0 Å². The number of hydrogen-bond acceptors (Lipinski definition) is 5. The van der Waals surface area contributed by atoms with Crippen LogP contribution in [0.1, 0.15) is 52.4 Å². The number of fused-ring (bicyclic) bond motifs is 1. The molecular weight excluding hydrogens is 356 g/mol. The highest BCUT2D eigenvalue weighted by atomic mass is 16.6. The predicted octanol–water partition coefficient (Wildman–Crippen LogP) is 4.11. The van der Waals surface area contributed by atoms with Crippen molar-refractivity contribution in [1.82, 2.24) is 5.43 Å². The first-order valence-electron chi connectivity index (χ1n) is 9.40. The number of nitrogens with one attached hydrogen (secondary N) is 2. The Labute approximate surface area is 164 Å². The lowest BCUT2D eigenvalue weighted by molar-refractivity contribution is -0.384. The van der Waals surface area contributed by atoms with Crippen molar-refractivity contribution in [2.24, 2.45) is 5.10 Å². The summed E-state index contributed by atoms with van der Waals surface area (Å²) in [4.78, 5) is 23.3. The van der Waals surface area contributed by atoms with Gasteiger partial charge in [0, 0.05) is 23.7 Å². The third-order valence-corrected chi connectivity index (χ3v) is 4.88. The highest BCUT2D eigenvalue weighted by molar-refractivity contribution is 6.04. The monoisotopic (exact) mass is 380 g/mol. The Morgan fingerprint density at radius 2 is 2.00 bits per heavy atom. The summed E-state index contributed by atoms with van der Waals surface area (Å²) in [6.07, 6.45) is 2.77. The van der Waals surface area contributed by atoms with E-state index in [4.69, 9.17) is 0 Å². The maximum absolute atomic E-state index is 12.5. The van der Waals surface area contributed by atoms with Gasteiger partial charge in [-0.15, -0.1) is 0 Å². The molecule has 2 aromatic rings. The summed E-state index contributed by atoms with van der Waals surface area (Å²) >= 11 is 0. The minimum absolute atomic E-state index is 0.128. The molecule has 7 heteroatoms. The SMILES string of the molecule is CCNc1ccc(C(=O)N/N=C2\CCCc3c(C)cc(C)cc32)cc1[N+](=O)[O-]. The van der Waals surface area contributed by atoms with Crippen LogP contribution in [0.3, 0.4) is 0 Å². The van der Waals surface area contributed by atoms with Crippen LogP contribution in [0.15, 0.2) is 35.4 Å². The van der Waals surface area contributed by atoms with Gasteiger partial charge in [-0.2, -0.15) is 5.10 Å². The van der Waals surface area contributed by atoms with Crippen LogP contribution in [0.4, 0.5) is 11.4 Å². The minimum atomic E-state index is -0.496. The van der Waals surface area contributed by atoms with E-state index in [1.807, 2.05) is 13.8 Å². The lowest BCUT2D eigenvalue weighted by Crippen LogP contribution is -2.22. The van der Waals surface area contributed by atoms with Crippen molar-refractivity contribution >= 4 is 23.0 Å². The number of nitro groups is 1. The smallest absolute Gasteiger partial charge is 0.293 e. The van der Waals surface area contributed by atoms with Crippen molar-refractivity contribution < 1.29 is 9.72 Å². The van der Waals surface area contributed by atoms with Crippen molar-refractivity contribution in [1.29, 1.82) is 0 Å². The van der Waals surface area contributed by atoms with Gasteiger partial charge in [0.15, 0.2) is 0 Å². The van der Waals surface area contributed by atoms with E-state index in [1.165, 1.54) is 17.2 Å². The Bertz CT molecular complexity index is 966. The maximum atomic E-state index is 12.5. The first-order valence-corrected chi connectivity index (χ1v) is 9.40. The van der Waals surface area contributed by atoms with Crippen molar-refractivity contribution in [3.8, 4) is 0 Å². The predicted molar refractivity (Wildman–Crippen MR) is 110 cm³/mol. The Kier molecular flexibility index (Phi) is 5.73. The molecule has 0 saturated carbocycles. The zero-order valence-corrected chi connectivity index (χ0v) is 16.3. The van der Waals surface area contributed by atoms with E-state index in [9.17, 15) is 14.9 Å². The van der Waals surface area contributed by atoms with Crippen LogP contribution in [0, 0.1) is 24.0 Å². The van der Waals surface area contributed by atoms with E-state index in [-0.39, 0.29) is 11.3 Å². The van der Waals surface area contributed by atoms with Gasteiger partial charge < -0.3 is 5.32 Å². The number of aryl methyl sites for hydroxylation is 2. The molecule has 1 aliphatic rings. The van der Waals surface area contributed by atoms with Crippen LogP contribution in [0.25, 0.3) is 0 Å². The average molecular weight is 380 g/mol. The number of nitrogens with zero attached hydrogens (tertiary/aromatic N) is 2. The molecular formula is C21H24N4O3. The number of hydrogen-bond donors (Lipinski definition) is 2. The van der Waals surface area contributed by atoms with Crippen molar-refractivity contribution in [3.63, 3.8) is 0 Å². The quantitative estimate of drug-likeness (QED) is 0.602. The first kappa shape index (κ1) is 19.5. The molecule has 3 rings (SSSR count). The van der Waals surface area contributed by atoms with Crippen molar-refractivity contribution in [3.05, 3.63) is 68.3 Å². The Morgan fingerprint density at radius 1 is 1.21 bits per heavy atom. The fourth-order valence-electron chi connectivity index (χ4n) is 3.62. The third-order valence-electron chi connectivity index (χ3n) is 4.88. The van der Waals surface area contributed by atoms with Crippen LogP contribution in [0.5, 0.6) is 0 Å². The van der Waals surface area contributed by atoms with Crippen LogP contribution in [0.2, 0.25) is 0 Å². The molecule has 28 heavy (non-hydrogen) atoms. The Morgan fingerprint density at radius 3 is 2.71 bits per heavy atom. The molecule has 0 unspecified atom stereocenters. The van der Waals surface area contributed by atoms with Crippen molar-refractivity contribution in [2.75, 3.05) is 11.9 Å². The average Bonchev–Trinajstić information content (AvgIpc) is 2.66. The first-order chi connectivity index (χ1) is 13.4. The summed E-state index contributed by atoms with van der Waals surface area (Å²) in [6, 6.07) is 8.64. The highest BCUT2D eigenvalue weighted by Gasteiger charge is 2.20. The van der Waals surface area contributed by atoms with E-state index in [0.29, 0.717) is 12.2 Å². The molecule has 146 valence electrons. The molecule has 0 bridgehead atoms. The second-order valence-corrected chi connectivity index (χ2v) is 6.98. The zero-order valence-electron chi connectivity index (χ0n) is 16.3. The van der Waals surface area contributed by atoms with Crippen LogP contribution < -0.4 is 10.7 Å². The van der Waals surface area contributed by atoms with Gasteiger partial charge >= 0.3 is 0 Å². The summed E-state index contributed by atoms with van der Waals surface area (Å²) in [6.45, 7) is 6.55. The minimum Gasteiger partial charge on any atom is -0.380 e. The van der Waals surface area contributed by atoms with Gasteiger partial charge in [0.05, 0.1) is 10.6 Å². The molecule has 1 amide bonds. The molecule has 0 atom stereocenters. The number of amides is 1. The van der Waals surface area contributed by atoms with E-state index in [1.54, 1.807) is 12.1 Å². The summed E-state index contributed by atoms with van der Waals surface area (Å²) in [5.41, 5.74) is 8.64. The number of carbonyl (C=O) groups excluding carboxylic acids is 1. The molecule has 2 N–H and O–H groups in total. The number of nitro benzene ring substituents is 1. The Hall–Kier alpha value is -3.22. The topological polar surface area (TPSA) is 96.6 Å². The van der Waals surface area contributed by atoms with Gasteiger partial charge in [-0.3, -0.25) is 14.9 Å². The molecule has 7 nitrogen and oxygen atoms in total. The third kappa shape index (κ3) is 4.03. The Balaban J connectivity index is 1.85. The van der Waals surface area contributed by atoms with Gasteiger partial charge in [-0.25, -0.2) is 5.43 Å². The maximum Gasteiger partial charge on any atom is 0.293 e. The molecule has 1 aliphatic carbocycles. The van der Waals surface area contributed by atoms with Gasteiger partial charge in [0.25, 0.3) is 11.6 Å². The van der Waals surface area contributed by atoms with E-state index in [0.717, 1.165) is 36.1 Å². The second kappa shape index (κ2) is 8.21.